The van der Waals surface area contributed by atoms with Crippen molar-refractivity contribution in [1.82, 2.24) is 10.6 Å². The van der Waals surface area contributed by atoms with Crippen molar-refractivity contribution in [2.75, 3.05) is 19.7 Å². The molecule has 11 heteroatoms. The molecule has 3 N–H and O–H groups in total. The average molecular weight is 727 g/mol. The maximum absolute atomic E-state index is 11.5. The van der Waals surface area contributed by atoms with E-state index < -0.39 is 13.9 Å². The van der Waals surface area contributed by atoms with E-state index in [1.807, 2.05) is 27.7 Å². The van der Waals surface area contributed by atoms with Crippen molar-refractivity contribution >= 4 is 31.2 Å². The number of phosphoric ester groups is 1. The van der Waals surface area contributed by atoms with Gasteiger partial charge in [0.25, 0.3) is 0 Å². The van der Waals surface area contributed by atoms with Gasteiger partial charge in [0.1, 0.15) is 11.6 Å². The van der Waals surface area contributed by atoms with Crippen LogP contribution >= 0.6 is 7.82 Å². The van der Waals surface area contributed by atoms with Crippen LogP contribution in [-0.2, 0) is 32.8 Å². The fourth-order valence-corrected chi connectivity index (χ4v) is 3.66. The van der Waals surface area contributed by atoms with Gasteiger partial charge < -0.3 is 15.5 Å². The standard InChI is InChI=1S/C13H26NO6P.C13H25NO2.11CH4/c1-10(2)12(15)6-5-7-13(16)14-8-9-19-21(17,18)20-11(3)4;1-10(2)8-9-14-13(16)7-5-6-12(15)11(3)4;;;;;;;;;;;/h10-11H,5-9H2,1-4H3,(H,14,16)(H,17,18);10-11H,5-9H2,1-4H3,(H,14,16);11*1H4. The zero-order valence-electron chi connectivity index (χ0n) is 24.1. The van der Waals surface area contributed by atoms with Crippen molar-refractivity contribution in [3.05, 3.63) is 0 Å². The zero-order chi connectivity index (χ0) is 29.0. The lowest BCUT2D eigenvalue weighted by molar-refractivity contribution is -0.124. The molecule has 0 saturated heterocycles. The molecule has 0 aromatic rings. The van der Waals surface area contributed by atoms with E-state index in [9.17, 15) is 28.6 Å². The lowest BCUT2D eigenvalue weighted by Crippen LogP contribution is -2.27. The molecule has 0 aromatic heterocycles. The number of rotatable bonds is 19. The molecule has 2 amide bonds. The van der Waals surface area contributed by atoms with Crippen molar-refractivity contribution in [1.29, 1.82) is 0 Å². The molecule has 0 aliphatic heterocycles. The number of phosphoric acid groups is 1. The summed E-state index contributed by atoms with van der Waals surface area (Å²) in [5.41, 5.74) is 0. The predicted molar refractivity (Wildman–Crippen MR) is 219 cm³/mol. The molecule has 0 aromatic carbocycles. The highest BCUT2D eigenvalue weighted by molar-refractivity contribution is 7.47. The van der Waals surface area contributed by atoms with Crippen LogP contribution in [0.4, 0.5) is 0 Å². The molecule has 0 aliphatic rings. The second-order valence-corrected chi connectivity index (χ2v) is 11.7. The summed E-state index contributed by atoms with van der Waals surface area (Å²) in [5, 5.41) is 5.42. The van der Waals surface area contributed by atoms with E-state index >= 15 is 0 Å². The summed E-state index contributed by atoms with van der Waals surface area (Å²) in [5.74, 6) is 0.922. The molecule has 306 valence electrons. The van der Waals surface area contributed by atoms with Crippen molar-refractivity contribution in [3.8, 4) is 0 Å². The third-order valence-electron chi connectivity index (χ3n) is 5.01. The fourth-order valence-electron chi connectivity index (χ4n) is 2.75. The van der Waals surface area contributed by atoms with E-state index in [-0.39, 0.29) is 136 Å². The topological polar surface area (TPSA) is 148 Å². The van der Waals surface area contributed by atoms with E-state index in [0.29, 0.717) is 38.0 Å². The molecule has 0 spiro atoms. The smallest absolute Gasteiger partial charge is 0.356 e. The summed E-state index contributed by atoms with van der Waals surface area (Å²) in [6.45, 7) is 15.7. The quantitative estimate of drug-likeness (QED) is 0.0879. The summed E-state index contributed by atoms with van der Waals surface area (Å²) in [6.07, 6.45) is 3.38. The van der Waals surface area contributed by atoms with Crippen LogP contribution in [0.1, 0.15) is 182 Å². The molecule has 10 nitrogen and oxygen atoms in total. The molecular formula is C37H95N2O8P. The van der Waals surface area contributed by atoms with Gasteiger partial charge in [0.15, 0.2) is 0 Å². The normalized spacial score (nSPS) is 9.85. The molecule has 0 fully saturated rings. The Labute approximate surface area is 304 Å². The number of carbonyl (C=O) groups excluding carboxylic acids is 4. The number of nitrogens with one attached hydrogen (secondary N) is 2. The third-order valence-corrected chi connectivity index (χ3v) is 6.21. The van der Waals surface area contributed by atoms with Crippen LogP contribution in [-0.4, -0.2) is 54.1 Å². The van der Waals surface area contributed by atoms with Gasteiger partial charge in [0.05, 0.1) is 12.7 Å². The average Bonchev–Trinajstić information content (AvgIpc) is 2.75. The lowest BCUT2D eigenvalue weighted by Gasteiger charge is -2.14. The number of hydrogen-bond acceptors (Lipinski definition) is 7. The van der Waals surface area contributed by atoms with Crippen LogP contribution in [0.3, 0.4) is 0 Å². The minimum Gasteiger partial charge on any atom is -0.356 e. The Morgan fingerprint density at radius 3 is 1.21 bits per heavy atom. The van der Waals surface area contributed by atoms with Gasteiger partial charge in [-0.3, -0.25) is 28.2 Å². The first-order valence-corrected chi connectivity index (χ1v) is 14.8. The summed E-state index contributed by atoms with van der Waals surface area (Å²) < 4.78 is 20.7. The predicted octanol–water partition coefficient (Wildman–Crippen LogP) is 11.6. The highest BCUT2D eigenvalue weighted by Gasteiger charge is 2.22. The summed E-state index contributed by atoms with van der Waals surface area (Å²) >= 11 is 0. The first-order valence-electron chi connectivity index (χ1n) is 13.3. The fraction of sp³-hybridized carbons (Fsp3) is 0.892. The largest absolute Gasteiger partial charge is 0.472 e. The monoisotopic (exact) mass is 727 g/mol. The Hall–Kier alpha value is -1.61. The van der Waals surface area contributed by atoms with E-state index in [4.69, 9.17) is 4.52 Å². The molecule has 0 heterocycles. The van der Waals surface area contributed by atoms with Gasteiger partial charge >= 0.3 is 7.82 Å². The highest BCUT2D eigenvalue weighted by atomic mass is 31.2. The van der Waals surface area contributed by atoms with Crippen molar-refractivity contribution in [3.63, 3.8) is 0 Å². The van der Waals surface area contributed by atoms with Crippen LogP contribution in [0.2, 0.25) is 0 Å². The van der Waals surface area contributed by atoms with Gasteiger partial charge in [-0.2, -0.15) is 0 Å². The molecular weight excluding hydrogens is 631 g/mol. The Balaban J connectivity index is -0.0000000385. The van der Waals surface area contributed by atoms with Gasteiger partial charge in [-0.1, -0.05) is 123 Å². The van der Waals surface area contributed by atoms with Gasteiger partial charge in [0, 0.05) is 50.6 Å². The van der Waals surface area contributed by atoms with Crippen LogP contribution in [0, 0.1) is 17.8 Å². The molecule has 48 heavy (non-hydrogen) atoms. The number of ketones is 2. The second kappa shape index (κ2) is 49.8. The van der Waals surface area contributed by atoms with E-state index in [2.05, 4.69) is 29.0 Å². The van der Waals surface area contributed by atoms with Crippen LogP contribution in [0.15, 0.2) is 0 Å². The molecule has 1 atom stereocenters. The third kappa shape index (κ3) is 59.8. The maximum Gasteiger partial charge on any atom is 0.472 e. The zero-order valence-corrected chi connectivity index (χ0v) is 25.0. The van der Waals surface area contributed by atoms with Crippen LogP contribution in [0.25, 0.3) is 0 Å². The lowest BCUT2D eigenvalue weighted by atomic mass is 10.0. The van der Waals surface area contributed by atoms with Crippen molar-refractivity contribution in [2.45, 2.75) is 188 Å². The van der Waals surface area contributed by atoms with Crippen LogP contribution < -0.4 is 10.6 Å². The molecule has 0 radical (unpaired) electrons. The maximum atomic E-state index is 11.5. The molecule has 0 rings (SSSR count). The Kier molecular flexibility index (Phi) is 88.9. The number of carbonyl (C=O) groups is 4. The summed E-state index contributed by atoms with van der Waals surface area (Å²) in [7, 11) is -4.05. The SMILES string of the molecule is C.C.C.C.C.C.C.C.C.C.C.CC(C)CCNC(=O)CCCC(=O)C(C)C.CC(C)OP(=O)(O)OCCNC(=O)CCCC(=O)C(C)C. The summed E-state index contributed by atoms with van der Waals surface area (Å²) in [4.78, 5) is 54.7. The van der Waals surface area contributed by atoms with E-state index in [0.717, 1.165) is 13.0 Å². The van der Waals surface area contributed by atoms with Crippen LogP contribution in [0.5, 0.6) is 0 Å². The minimum atomic E-state index is -4.05. The highest BCUT2D eigenvalue weighted by Crippen LogP contribution is 2.44. The van der Waals surface area contributed by atoms with Gasteiger partial charge in [0.2, 0.25) is 11.8 Å². The van der Waals surface area contributed by atoms with Crippen molar-refractivity contribution in [2.24, 2.45) is 17.8 Å². The molecule has 0 saturated carbocycles. The Bertz CT molecular complexity index is 728. The van der Waals surface area contributed by atoms with Gasteiger partial charge in [-0.05, 0) is 39.0 Å². The molecule has 0 aliphatic carbocycles. The Morgan fingerprint density at radius 2 is 0.917 bits per heavy atom. The second-order valence-electron chi connectivity index (χ2n) is 10.3. The van der Waals surface area contributed by atoms with Gasteiger partial charge in [-0.15, -0.1) is 0 Å². The molecule has 0 bridgehead atoms. The molecule has 1 unspecified atom stereocenters. The first-order chi connectivity index (χ1) is 17.1. The van der Waals surface area contributed by atoms with E-state index in [1.165, 1.54) is 0 Å². The Morgan fingerprint density at radius 1 is 0.583 bits per heavy atom. The van der Waals surface area contributed by atoms with Crippen molar-refractivity contribution < 1.29 is 37.7 Å². The first kappa shape index (κ1) is 85.7. The number of amides is 2. The summed E-state index contributed by atoms with van der Waals surface area (Å²) in [6, 6.07) is 0. The minimum absolute atomic E-state index is 0. The number of hydrogen-bond donors (Lipinski definition) is 3. The number of Topliss-reactive ketones (excluding diaryl/α,β-unsaturated/α-hetero) is 2. The van der Waals surface area contributed by atoms with Gasteiger partial charge in [-0.25, -0.2) is 4.57 Å². The van der Waals surface area contributed by atoms with E-state index in [1.54, 1.807) is 13.8 Å².